The van der Waals surface area contributed by atoms with Crippen LogP contribution in [0, 0.1) is 0 Å². The van der Waals surface area contributed by atoms with Crippen LogP contribution in [0.3, 0.4) is 0 Å². The van der Waals surface area contributed by atoms with Gasteiger partial charge in [0.05, 0.1) is 12.6 Å². The summed E-state index contributed by atoms with van der Waals surface area (Å²) < 4.78 is 0. The largest absolute Gasteiger partial charge is 0.481 e. The van der Waals surface area contributed by atoms with Crippen LogP contribution in [-0.2, 0) is 24.0 Å². The number of carboxylic acids is 2. The number of carboxylic acid groups (broad SMARTS) is 2. The molecule has 0 aromatic rings. The van der Waals surface area contributed by atoms with Crippen LogP contribution < -0.4 is 16.4 Å². The van der Waals surface area contributed by atoms with Crippen LogP contribution in [0.5, 0.6) is 0 Å². The summed E-state index contributed by atoms with van der Waals surface area (Å²) >= 11 is 0. The molecule has 12 nitrogen and oxygen atoms in total. The first-order valence-electron chi connectivity index (χ1n) is 8.81. The molecule has 7 N–H and O–H groups in total. The summed E-state index contributed by atoms with van der Waals surface area (Å²) in [6.07, 6.45) is -1.32. The lowest BCUT2D eigenvalue weighted by molar-refractivity contribution is -0.150. The number of amides is 3. The Kier molecular flexibility index (Phi) is 8.79. The van der Waals surface area contributed by atoms with Gasteiger partial charge in [-0.1, -0.05) is 0 Å². The van der Waals surface area contributed by atoms with E-state index in [2.05, 4.69) is 10.6 Å². The number of carbonyl (C=O) groups excluding carboxylic acids is 3. The molecule has 1 rings (SSSR count). The highest BCUT2D eigenvalue weighted by Gasteiger charge is 2.38. The third-order valence-electron chi connectivity index (χ3n) is 4.35. The molecule has 0 aliphatic carbocycles. The number of hydrogen-bond donors (Lipinski definition) is 6. The number of aliphatic hydroxyl groups is 1. The predicted molar refractivity (Wildman–Crippen MR) is 93.8 cm³/mol. The van der Waals surface area contributed by atoms with E-state index in [9.17, 15) is 34.2 Å². The van der Waals surface area contributed by atoms with Crippen LogP contribution in [0.25, 0.3) is 0 Å². The summed E-state index contributed by atoms with van der Waals surface area (Å²) in [5.41, 5.74) is 5.17. The molecule has 3 amide bonds. The van der Waals surface area contributed by atoms with Crippen molar-refractivity contribution in [2.24, 2.45) is 5.73 Å². The number of nitrogens with zero attached hydrogens (tertiary/aromatic N) is 1. The fourth-order valence-electron chi connectivity index (χ4n) is 2.91. The van der Waals surface area contributed by atoms with Gasteiger partial charge in [0, 0.05) is 13.0 Å². The van der Waals surface area contributed by atoms with Crippen molar-refractivity contribution in [2.45, 2.75) is 56.8 Å². The van der Waals surface area contributed by atoms with Gasteiger partial charge in [0.25, 0.3) is 0 Å². The van der Waals surface area contributed by atoms with Gasteiger partial charge in [0.1, 0.15) is 18.1 Å². The maximum absolute atomic E-state index is 12.8. The third kappa shape index (κ3) is 6.46. The average Bonchev–Trinajstić information content (AvgIpc) is 3.11. The molecule has 0 saturated carbocycles. The number of nitrogens with one attached hydrogen (secondary N) is 2. The lowest BCUT2D eigenvalue weighted by Crippen LogP contribution is -2.58. The minimum atomic E-state index is -1.41. The number of aliphatic hydroxyl groups excluding tert-OH is 1. The fourth-order valence-corrected chi connectivity index (χ4v) is 2.91. The summed E-state index contributed by atoms with van der Waals surface area (Å²) in [4.78, 5) is 60.0. The second-order valence-electron chi connectivity index (χ2n) is 6.51. The highest BCUT2D eigenvalue weighted by Crippen LogP contribution is 2.19. The van der Waals surface area contributed by atoms with Gasteiger partial charge in [-0.05, 0) is 26.2 Å². The molecular formula is C16H26N4O8. The molecule has 12 heteroatoms. The predicted octanol–water partition coefficient (Wildman–Crippen LogP) is -2.76. The molecule has 1 aliphatic rings. The summed E-state index contributed by atoms with van der Waals surface area (Å²) in [7, 11) is 0. The number of hydrogen-bond acceptors (Lipinski definition) is 7. The summed E-state index contributed by atoms with van der Waals surface area (Å²) in [6, 6.07) is -3.79. The van der Waals surface area contributed by atoms with Crippen LogP contribution in [-0.4, -0.2) is 87.2 Å². The van der Waals surface area contributed by atoms with Gasteiger partial charge in [-0.2, -0.15) is 0 Å². The van der Waals surface area contributed by atoms with E-state index in [1.165, 1.54) is 6.92 Å². The normalized spacial score (nSPS) is 19.4. The molecule has 0 aromatic carbocycles. The smallest absolute Gasteiger partial charge is 0.326 e. The summed E-state index contributed by atoms with van der Waals surface area (Å²) in [5.74, 6) is -4.74. The SMILES string of the molecule is CC(O)C(NC(=O)CN)C(=O)NC(CCC(=O)O)C(=O)N1CCCC1C(=O)O. The summed E-state index contributed by atoms with van der Waals surface area (Å²) in [6.45, 7) is 0.987. The van der Waals surface area contributed by atoms with Crippen molar-refractivity contribution in [3.63, 3.8) is 0 Å². The first-order valence-corrected chi connectivity index (χ1v) is 8.81. The maximum Gasteiger partial charge on any atom is 0.326 e. The van der Waals surface area contributed by atoms with Crippen LogP contribution in [0.15, 0.2) is 0 Å². The van der Waals surface area contributed by atoms with Gasteiger partial charge in [-0.15, -0.1) is 0 Å². The van der Waals surface area contributed by atoms with Crippen LogP contribution in [0.4, 0.5) is 0 Å². The number of aliphatic carboxylic acids is 2. The molecule has 4 atom stereocenters. The molecule has 0 spiro atoms. The Morgan fingerprint density at radius 1 is 1.18 bits per heavy atom. The van der Waals surface area contributed by atoms with Crippen molar-refractivity contribution >= 4 is 29.7 Å². The van der Waals surface area contributed by atoms with Crippen LogP contribution >= 0.6 is 0 Å². The molecular weight excluding hydrogens is 376 g/mol. The third-order valence-corrected chi connectivity index (χ3v) is 4.35. The van der Waals surface area contributed by atoms with Crippen LogP contribution in [0.1, 0.15) is 32.6 Å². The fraction of sp³-hybridized carbons (Fsp3) is 0.688. The molecule has 158 valence electrons. The van der Waals surface area contributed by atoms with Gasteiger partial charge in [0.15, 0.2) is 0 Å². The van der Waals surface area contributed by atoms with Crippen molar-refractivity contribution in [3.8, 4) is 0 Å². The zero-order chi connectivity index (χ0) is 21.4. The lowest BCUT2D eigenvalue weighted by atomic mass is 10.1. The lowest BCUT2D eigenvalue weighted by Gasteiger charge is -2.29. The molecule has 1 aliphatic heterocycles. The summed E-state index contributed by atoms with van der Waals surface area (Å²) in [5, 5.41) is 32.4. The Bertz CT molecular complexity index is 624. The van der Waals surface area contributed by atoms with E-state index in [1.54, 1.807) is 0 Å². The van der Waals surface area contributed by atoms with Gasteiger partial charge >= 0.3 is 11.9 Å². The van der Waals surface area contributed by atoms with E-state index in [1.807, 2.05) is 0 Å². The average molecular weight is 402 g/mol. The number of carbonyl (C=O) groups is 5. The number of nitrogens with two attached hydrogens (primary N) is 1. The Labute approximate surface area is 161 Å². The Morgan fingerprint density at radius 2 is 1.82 bits per heavy atom. The first kappa shape index (κ1) is 23.3. The maximum atomic E-state index is 12.8. The Hall–Kier alpha value is -2.73. The second-order valence-corrected chi connectivity index (χ2v) is 6.51. The van der Waals surface area contributed by atoms with E-state index < -0.39 is 66.9 Å². The van der Waals surface area contributed by atoms with Gasteiger partial charge < -0.3 is 36.6 Å². The van der Waals surface area contributed by atoms with Crippen molar-refractivity contribution in [1.29, 1.82) is 0 Å². The molecule has 1 fully saturated rings. The molecule has 28 heavy (non-hydrogen) atoms. The monoisotopic (exact) mass is 402 g/mol. The highest BCUT2D eigenvalue weighted by atomic mass is 16.4. The number of rotatable bonds is 10. The van der Waals surface area contributed by atoms with Crippen molar-refractivity contribution in [1.82, 2.24) is 15.5 Å². The molecule has 0 bridgehead atoms. The number of likely N-dealkylation sites (tertiary alicyclic amines) is 1. The van der Waals surface area contributed by atoms with Crippen molar-refractivity contribution < 1.29 is 39.3 Å². The molecule has 1 heterocycles. The van der Waals surface area contributed by atoms with Gasteiger partial charge in [-0.3, -0.25) is 19.2 Å². The van der Waals surface area contributed by atoms with E-state index in [0.717, 1.165) is 4.90 Å². The molecule has 0 radical (unpaired) electrons. The zero-order valence-electron chi connectivity index (χ0n) is 15.5. The molecule has 0 aromatic heterocycles. The van der Waals surface area contributed by atoms with Crippen LogP contribution in [0.2, 0.25) is 0 Å². The Morgan fingerprint density at radius 3 is 2.32 bits per heavy atom. The molecule has 4 unspecified atom stereocenters. The standard InChI is InChI=1S/C16H26N4O8/c1-8(21)13(19-11(22)7-17)14(25)18-9(4-5-12(23)24)15(26)20-6-2-3-10(20)16(27)28/h8-10,13,21H,2-7,17H2,1H3,(H,18,25)(H,19,22)(H,23,24)(H,27,28). The topological polar surface area (TPSA) is 199 Å². The second kappa shape index (κ2) is 10.6. The minimum absolute atomic E-state index is 0.166. The van der Waals surface area contributed by atoms with E-state index >= 15 is 0 Å². The highest BCUT2D eigenvalue weighted by molar-refractivity contribution is 5.94. The minimum Gasteiger partial charge on any atom is -0.481 e. The van der Waals surface area contributed by atoms with E-state index in [4.69, 9.17) is 10.8 Å². The van der Waals surface area contributed by atoms with Gasteiger partial charge in [0.2, 0.25) is 17.7 Å². The Balaban J connectivity index is 2.97. The quantitative estimate of drug-likeness (QED) is 0.224. The van der Waals surface area contributed by atoms with E-state index in [0.29, 0.717) is 6.42 Å². The van der Waals surface area contributed by atoms with E-state index in [-0.39, 0.29) is 19.4 Å². The zero-order valence-corrected chi connectivity index (χ0v) is 15.5. The van der Waals surface area contributed by atoms with Crippen molar-refractivity contribution in [3.05, 3.63) is 0 Å². The van der Waals surface area contributed by atoms with Crippen molar-refractivity contribution in [2.75, 3.05) is 13.1 Å². The van der Waals surface area contributed by atoms with Gasteiger partial charge in [-0.25, -0.2) is 4.79 Å². The first-order chi connectivity index (χ1) is 13.1. The molecule has 1 saturated heterocycles.